The SMILES string of the molecule is CCCCCCCCCCCCC#CC#CCCCCCCCCC(=O)NCCNC(=O)CCCCC. The lowest BCUT2D eigenvalue weighted by molar-refractivity contribution is -0.123. The van der Waals surface area contributed by atoms with Crippen LogP contribution in [0.4, 0.5) is 0 Å². The molecular weight excluding hydrogens is 456 g/mol. The largest absolute Gasteiger partial charge is 0.354 e. The second-order valence-electron chi connectivity index (χ2n) is 10.3. The summed E-state index contributed by atoms with van der Waals surface area (Å²) < 4.78 is 0. The topological polar surface area (TPSA) is 58.2 Å². The van der Waals surface area contributed by atoms with Gasteiger partial charge in [-0.25, -0.2) is 0 Å². The van der Waals surface area contributed by atoms with Crippen LogP contribution in [0.1, 0.15) is 162 Å². The number of unbranched alkanes of at least 4 members (excludes halogenated alkanes) is 18. The Kier molecular flexibility index (Phi) is 28.7. The molecule has 0 bridgehead atoms. The van der Waals surface area contributed by atoms with Crippen molar-refractivity contribution < 1.29 is 9.59 Å². The molecule has 2 N–H and O–H groups in total. The van der Waals surface area contributed by atoms with E-state index in [0.29, 0.717) is 25.9 Å². The maximum atomic E-state index is 11.9. The third-order valence-electron chi connectivity index (χ3n) is 6.63. The smallest absolute Gasteiger partial charge is 0.220 e. The van der Waals surface area contributed by atoms with Gasteiger partial charge in [0.1, 0.15) is 0 Å². The van der Waals surface area contributed by atoms with Gasteiger partial charge in [-0.1, -0.05) is 122 Å². The predicted molar refractivity (Wildman–Crippen MR) is 159 cm³/mol. The van der Waals surface area contributed by atoms with Crippen LogP contribution in [0.3, 0.4) is 0 Å². The Hall–Kier alpha value is -1.94. The predicted octanol–water partition coefficient (Wildman–Crippen LogP) is 8.24. The van der Waals surface area contributed by atoms with Crippen molar-refractivity contribution in [2.75, 3.05) is 13.1 Å². The average Bonchev–Trinajstić information content (AvgIpc) is 2.89. The molecule has 37 heavy (non-hydrogen) atoms. The summed E-state index contributed by atoms with van der Waals surface area (Å²) in [6, 6.07) is 0. The lowest BCUT2D eigenvalue weighted by Crippen LogP contribution is -2.34. The van der Waals surface area contributed by atoms with Gasteiger partial charge in [-0.2, -0.15) is 0 Å². The molecule has 0 radical (unpaired) electrons. The van der Waals surface area contributed by atoms with E-state index in [1.54, 1.807) is 0 Å². The van der Waals surface area contributed by atoms with Crippen molar-refractivity contribution in [3.05, 3.63) is 0 Å². The monoisotopic (exact) mass is 514 g/mol. The lowest BCUT2D eigenvalue weighted by atomic mass is 10.1. The highest BCUT2D eigenvalue weighted by molar-refractivity contribution is 5.77. The average molecular weight is 515 g/mol. The standard InChI is InChI=1S/C33H58N2O2/c1-3-5-7-8-9-10-11-12-13-14-15-16-17-18-19-20-21-22-23-24-25-27-29-33(37)35-31-30-34-32(36)28-26-6-4-2/h3-15,20-31H2,1-2H3,(H,34,36)(H,35,37). The van der Waals surface area contributed by atoms with Crippen LogP contribution in [-0.4, -0.2) is 24.9 Å². The molecule has 0 aromatic carbocycles. The summed E-state index contributed by atoms with van der Waals surface area (Å²) in [4.78, 5) is 23.5. The second kappa shape index (κ2) is 30.3. The van der Waals surface area contributed by atoms with Gasteiger partial charge in [0.05, 0.1) is 0 Å². The quantitative estimate of drug-likeness (QED) is 0.0952. The molecule has 0 spiro atoms. The van der Waals surface area contributed by atoms with Gasteiger partial charge in [0.2, 0.25) is 11.8 Å². The summed E-state index contributed by atoms with van der Waals surface area (Å²) in [5.74, 6) is 12.6. The van der Waals surface area contributed by atoms with Crippen LogP contribution in [0.25, 0.3) is 0 Å². The molecular formula is C33H58N2O2. The molecule has 0 saturated heterocycles. The van der Waals surface area contributed by atoms with E-state index >= 15 is 0 Å². The molecule has 0 saturated carbocycles. The van der Waals surface area contributed by atoms with Gasteiger partial charge >= 0.3 is 0 Å². The number of carbonyl (C=O) groups excluding carboxylic acids is 2. The van der Waals surface area contributed by atoms with E-state index in [2.05, 4.69) is 48.2 Å². The van der Waals surface area contributed by atoms with Gasteiger partial charge in [0, 0.05) is 38.8 Å². The highest BCUT2D eigenvalue weighted by atomic mass is 16.2. The van der Waals surface area contributed by atoms with E-state index in [-0.39, 0.29) is 11.8 Å². The molecule has 0 aliphatic rings. The summed E-state index contributed by atoms with van der Waals surface area (Å²) in [7, 11) is 0. The molecule has 0 aliphatic heterocycles. The van der Waals surface area contributed by atoms with Crippen LogP contribution < -0.4 is 10.6 Å². The summed E-state index contributed by atoms with van der Waals surface area (Å²) in [6.07, 6.45) is 26.6. The van der Waals surface area contributed by atoms with Gasteiger partial charge in [0.15, 0.2) is 0 Å². The summed E-state index contributed by atoms with van der Waals surface area (Å²) in [5, 5.41) is 5.75. The van der Waals surface area contributed by atoms with Crippen molar-refractivity contribution >= 4 is 11.8 Å². The third kappa shape index (κ3) is 30.2. The first-order chi connectivity index (χ1) is 18.2. The van der Waals surface area contributed by atoms with Crippen LogP contribution in [0.5, 0.6) is 0 Å². The van der Waals surface area contributed by atoms with Crippen LogP contribution in [0, 0.1) is 23.7 Å². The van der Waals surface area contributed by atoms with Crippen molar-refractivity contribution in [3.8, 4) is 23.7 Å². The Morgan fingerprint density at radius 1 is 0.459 bits per heavy atom. The molecule has 0 aromatic heterocycles. The number of hydrogen-bond acceptors (Lipinski definition) is 2. The lowest BCUT2D eigenvalue weighted by Gasteiger charge is -2.07. The first kappa shape index (κ1) is 35.1. The van der Waals surface area contributed by atoms with Gasteiger partial charge < -0.3 is 10.6 Å². The number of nitrogens with one attached hydrogen (secondary N) is 2. The highest BCUT2D eigenvalue weighted by Crippen LogP contribution is 2.11. The van der Waals surface area contributed by atoms with E-state index in [1.165, 1.54) is 83.5 Å². The normalized spacial score (nSPS) is 10.2. The molecule has 0 rings (SSSR count). The minimum Gasteiger partial charge on any atom is -0.354 e. The maximum Gasteiger partial charge on any atom is 0.220 e. The van der Waals surface area contributed by atoms with Crippen molar-refractivity contribution in [3.63, 3.8) is 0 Å². The fourth-order valence-electron chi connectivity index (χ4n) is 4.24. The van der Waals surface area contributed by atoms with E-state index in [1.807, 2.05) is 0 Å². The van der Waals surface area contributed by atoms with Crippen LogP contribution in [0.15, 0.2) is 0 Å². The van der Waals surface area contributed by atoms with Gasteiger partial charge in [-0.05, 0) is 37.5 Å². The van der Waals surface area contributed by atoms with Crippen molar-refractivity contribution in [2.45, 2.75) is 162 Å². The zero-order valence-corrected chi connectivity index (χ0v) is 24.5. The molecule has 0 aromatic rings. The summed E-state index contributed by atoms with van der Waals surface area (Å²) in [5.41, 5.74) is 0. The Balaban J connectivity index is 3.36. The Bertz CT molecular complexity index is 651. The maximum absolute atomic E-state index is 11.9. The number of carbonyl (C=O) groups is 2. The van der Waals surface area contributed by atoms with Crippen molar-refractivity contribution in [2.24, 2.45) is 0 Å². The zero-order valence-electron chi connectivity index (χ0n) is 24.5. The molecule has 212 valence electrons. The molecule has 0 heterocycles. The number of rotatable bonds is 25. The molecule has 0 unspecified atom stereocenters. The fourth-order valence-corrected chi connectivity index (χ4v) is 4.24. The van der Waals surface area contributed by atoms with Crippen LogP contribution in [-0.2, 0) is 9.59 Å². The minimum atomic E-state index is 0.0844. The second-order valence-corrected chi connectivity index (χ2v) is 10.3. The summed E-state index contributed by atoms with van der Waals surface area (Å²) >= 11 is 0. The molecule has 4 nitrogen and oxygen atoms in total. The van der Waals surface area contributed by atoms with Gasteiger partial charge in [-0.3, -0.25) is 9.59 Å². The van der Waals surface area contributed by atoms with E-state index in [4.69, 9.17) is 0 Å². The summed E-state index contributed by atoms with van der Waals surface area (Å²) in [6.45, 7) is 5.43. The number of hydrogen-bond donors (Lipinski definition) is 2. The molecule has 0 fully saturated rings. The van der Waals surface area contributed by atoms with Gasteiger partial charge in [0.25, 0.3) is 0 Å². The molecule has 0 atom stereocenters. The fraction of sp³-hybridized carbons (Fsp3) is 0.818. The van der Waals surface area contributed by atoms with Crippen LogP contribution >= 0.6 is 0 Å². The highest BCUT2D eigenvalue weighted by Gasteiger charge is 2.02. The third-order valence-corrected chi connectivity index (χ3v) is 6.63. The van der Waals surface area contributed by atoms with Crippen LogP contribution in [0.2, 0.25) is 0 Å². The minimum absolute atomic E-state index is 0.0844. The molecule has 2 amide bonds. The zero-order chi connectivity index (χ0) is 27.1. The van der Waals surface area contributed by atoms with E-state index in [9.17, 15) is 9.59 Å². The Morgan fingerprint density at radius 3 is 1.22 bits per heavy atom. The van der Waals surface area contributed by atoms with Gasteiger partial charge in [-0.15, -0.1) is 0 Å². The molecule has 0 aliphatic carbocycles. The number of amides is 2. The van der Waals surface area contributed by atoms with E-state index < -0.39 is 0 Å². The Labute approximate surface area is 230 Å². The first-order valence-corrected chi connectivity index (χ1v) is 15.7. The van der Waals surface area contributed by atoms with Crippen molar-refractivity contribution in [1.29, 1.82) is 0 Å². The van der Waals surface area contributed by atoms with E-state index in [0.717, 1.165) is 51.4 Å². The first-order valence-electron chi connectivity index (χ1n) is 15.7. The van der Waals surface area contributed by atoms with Crippen molar-refractivity contribution in [1.82, 2.24) is 10.6 Å². The Morgan fingerprint density at radius 2 is 0.784 bits per heavy atom. The molecule has 4 heteroatoms.